The van der Waals surface area contributed by atoms with Gasteiger partial charge in [-0.2, -0.15) is 0 Å². The highest BCUT2D eigenvalue weighted by atomic mass is 32.2. The van der Waals surface area contributed by atoms with Gasteiger partial charge in [0.15, 0.2) is 9.84 Å². The minimum absolute atomic E-state index is 0.0760. The molecule has 2 fully saturated rings. The largest absolute Gasteiger partial charge is 0.338 e. The average Bonchev–Trinajstić information content (AvgIpc) is 2.56. The van der Waals surface area contributed by atoms with Crippen molar-refractivity contribution in [1.82, 2.24) is 10.2 Å². The Morgan fingerprint density at radius 2 is 2.17 bits per heavy atom. The molecule has 2 saturated heterocycles. The number of hydrogen-bond acceptors (Lipinski definition) is 4. The number of carbonyl (C=O) groups is 1. The number of sulfone groups is 1. The predicted molar refractivity (Wildman–Crippen MR) is 70.1 cm³/mol. The summed E-state index contributed by atoms with van der Waals surface area (Å²) in [6.45, 7) is 5.40. The van der Waals surface area contributed by atoms with Gasteiger partial charge in [0.1, 0.15) is 0 Å². The number of hydrogen-bond donors (Lipinski definition) is 1. The Labute approximate surface area is 109 Å². The minimum Gasteiger partial charge on any atom is -0.338 e. The fourth-order valence-electron chi connectivity index (χ4n) is 2.89. The van der Waals surface area contributed by atoms with Gasteiger partial charge in [0.25, 0.3) is 0 Å². The summed E-state index contributed by atoms with van der Waals surface area (Å²) < 4.78 is 23.1. The van der Waals surface area contributed by atoms with Crippen LogP contribution in [0.3, 0.4) is 0 Å². The van der Waals surface area contributed by atoms with Gasteiger partial charge in [0.05, 0.1) is 11.5 Å². The lowest BCUT2D eigenvalue weighted by Crippen LogP contribution is -2.50. The monoisotopic (exact) mass is 274 g/mol. The molecule has 2 aliphatic heterocycles. The normalized spacial score (nSPS) is 30.3. The molecule has 1 atom stereocenters. The van der Waals surface area contributed by atoms with Crippen molar-refractivity contribution in [3.63, 3.8) is 0 Å². The minimum atomic E-state index is -2.96. The third kappa shape index (κ3) is 3.03. The van der Waals surface area contributed by atoms with E-state index in [9.17, 15) is 13.2 Å². The molecule has 0 aromatic heterocycles. The maximum atomic E-state index is 12.2. The third-order valence-electron chi connectivity index (χ3n) is 3.92. The van der Waals surface area contributed by atoms with Crippen LogP contribution in [0.25, 0.3) is 0 Å². The highest BCUT2D eigenvalue weighted by molar-refractivity contribution is 7.91. The van der Waals surface area contributed by atoms with Gasteiger partial charge in [-0.05, 0) is 26.7 Å². The molecule has 0 aromatic carbocycles. The van der Waals surface area contributed by atoms with Gasteiger partial charge < -0.3 is 10.2 Å². The predicted octanol–water partition coefficient (Wildman–Crippen LogP) is 0.164. The summed E-state index contributed by atoms with van der Waals surface area (Å²) in [7, 11) is -2.96. The van der Waals surface area contributed by atoms with Crippen molar-refractivity contribution in [3.05, 3.63) is 0 Å². The Kier molecular flexibility index (Phi) is 3.69. The van der Waals surface area contributed by atoms with Crippen LogP contribution >= 0.6 is 0 Å². The zero-order valence-corrected chi connectivity index (χ0v) is 11.9. The van der Waals surface area contributed by atoms with Crippen molar-refractivity contribution in [2.45, 2.75) is 44.7 Å². The van der Waals surface area contributed by atoms with Crippen LogP contribution in [0.5, 0.6) is 0 Å². The molecule has 1 unspecified atom stereocenters. The van der Waals surface area contributed by atoms with Gasteiger partial charge in [-0.1, -0.05) is 0 Å². The van der Waals surface area contributed by atoms with E-state index < -0.39 is 9.84 Å². The average molecular weight is 274 g/mol. The van der Waals surface area contributed by atoms with Gasteiger partial charge in [0, 0.05) is 31.1 Å². The Morgan fingerprint density at radius 1 is 1.44 bits per heavy atom. The smallest absolute Gasteiger partial charge is 0.224 e. The highest BCUT2D eigenvalue weighted by Crippen LogP contribution is 2.29. The van der Waals surface area contributed by atoms with Crippen LogP contribution in [0.2, 0.25) is 0 Å². The van der Waals surface area contributed by atoms with E-state index in [1.807, 2.05) is 4.90 Å². The summed E-state index contributed by atoms with van der Waals surface area (Å²) >= 11 is 0. The van der Waals surface area contributed by atoms with Crippen molar-refractivity contribution >= 4 is 15.7 Å². The van der Waals surface area contributed by atoms with Crippen molar-refractivity contribution in [2.75, 3.05) is 24.6 Å². The van der Waals surface area contributed by atoms with E-state index in [1.165, 1.54) is 0 Å². The molecule has 5 nitrogen and oxygen atoms in total. The Morgan fingerprint density at radius 3 is 2.72 bits per heavy atom. The summed E-state index contributed by atoms with van der Waals surface area (Å²) in [5.74, 6) is 0.354. The Balaban J connectivity index is 1.95. The van der Waals surface area contributed by atoms with E-state index in [4.69, 9.17) is 0 Å². The molecule has 0 bridgehead atoms. The van der Waals surface area contributed by atoms with E-state index in [0.29, 0.717) is 13.0 Å². The van der Waals surface area contributed by atoms with Gasteiger partial charge >= 0.3 is 0 Å². The first-order chi connectivity index (χ1) is 8.30. The summed E-state index contributed by atoms with van der Waals surface area (Å²) in [6, 6.07) is -0.215. The van der Waals surface area contributed by atoms with E-state index in [-0.39, 0.29) is 29.0 Å². The highest BCUT2D eigenvalue weighted by Gasteiger charge is 2.36. The molecule has 0 aromatic rings. The second-order valence-corrected chi connectivity index (χ2v) is 8.16. The molecule has 1 amide bonds. The van der Waals surface area contributed by atoms with Gasteiger partial charge in [-0.25, -0.2) is 8.42 Å². The molecule has 6 heteroatoms. The molecule has 104 valence electrons. The first-order valence-electron chi connectivity index (χ1n) is 6.54. The van der Waals surface area contributed by atoms with Crippen LogP contribution in [0.15, 0.2) is 0 Å². The number of carbonyl (C=O) groups excluding carboxylic acids is 1. The summed E-state index contributed by atoms with van der Waals surface area (Å²) in [6.07, 6.45) is 2.35. The zero-order chi connectivity index (χ0) is 13.4. The van der Waals surface area contributed by atoms with Crippen molar-refractivity contribution < 1.29 is 13.2 Å². The van der Waals surface area contributed by atoms with E-state index in [2.05, 4.69) is 19.2 Å². The topological polar surface area (TPSA) is 66.5 Å². The fraction of sp³-hybridized carbons (Fsp3) is 0.917. The lowest BCUT2D eigenvalue weighted by Gasteiger charge is -2.33. The molecule has 0 radical (unpaired) electrons. The number of nitrogens with one attached hydrogen (secondary N) is 1. The standard InChI is InChI=1S/C12H22N2O3S/c1-12(2)4-3-6-14(12)11(15)8-10-9-18(16,17)7-5-13-10/h10,13H,3-9H2,1-2H3. The number of likely N-dealkylation sites (tertiary alicyclic amines) is 1. The van der Waals surface area contributed by atoms with E-state index in [0.717, 1.165) is 19.4 Å². The molecular formula is C12H22N2O3S. The molecule has 2 aliphatic rings. The van der Waals surface area contributed by atoms with Crippen molar-refractivity contribution in [1.29, 1.82) is 0 Å². The molecule has 2 rings (SSSR count). The third-order valence-corrected chi connectivity index (χ3v) is 5.66. The van der Waals surface area contributed by atoms with Crippen molar-refractivity contribution in [3.8, 4) is 0 Å². The van der Waals surface area contributed by atoms with E-state index >= 15 is 0 Å². The lowest BCUT2D eigenvalue weighted by atomic mass is 10.0. The molecule has 0 spiro atoms. The summed E-state index contributed by atoms with van der Waals surface area (Å²) in [5, 5.41) is 3.13. The number of rotatable bonds is 2. The second-order valence-electron chi connectivity index (χ2n) is 5.93. The Hall–Kier alpha value is -0.620. The molecule has 0 saturated carbocycles. The second kappa shape index (κ2) is 4.81. The fourth-order valence-corrected chi connectivity index (χ4v) is 4.33. The van der Waals surface area contributed by atoms with Crippen LogP contribution in [0.1, 0.15) is 33.1 Å². The Bertz CT molecular complexity index is 431. The van der Waals surface area contributed by atoms with E-state index in [1.54, 1.807) is 0 Å². The quantitative estimate of drug-likeness (QED) is 0.779. The molecular weight excluding hydrogens is 252 g/mol. The maximum Gasteiger partial charge on any atom is 0.224 e. The lowest BCUT2D eigenvalue weighted by molar-refractivity contribution is -0.134. The summed E-state index contributed by atoms with van der Waals surface area (Å²) in [4.78, 5) is 14.1. The first kappa shape index (κ1) is 13.8. The molecule has 1 N–H and O–H groups in total. The first-order valence-corrected chi connectivity index (χ1v) is 8.37. The number of amides is 1. The van der Waals surface area contributed by atoms with Gasteiger partial charge in [-0.15, -0.1) is 0 Å². The SMILES string of the molecule is CC1(C)CCCN1C(=O)CC1CS(=O)(=O)CCN1. The molecule has 0 aliphatic carbocycles. The van der Waals surface area contributed by atoms with Crippen LogP contribution < -0.4 is 5.32 Å². The van der Waals surface area contributed by atoms with Crippen LogP contribution in [0.4, 0.5) is 0 Å². The van der Waals surface area contributed by atoms with Gasteiger partial charge in [-0.3, -0.25) is 4.79 Å². The van der Waals surface area contributed by atoms with Crippen LogP contribution in [0, 0.1) is 0 Å². The molecule has 2 heterocycles. The maximum absolute atomic E-state index is 12.2. The molecule has 18 heavy (non-hydrogen) atoms. The van der Waals surface area contributed by atoms with Gasteiger partial charge in [0.2, 0.25) is 5.91 Å². The zero-order valence-electron chi connectivity index (χ0n) is 11.1. The summed E-state index contributed by atoms with van der Waals surface area (Å²) in [5.41, 5.74) is -0.0787. The van der Waals surface area contributed by atoms with Crippen LogP contribution in [-0.4, -0.2) is 55.4 Å². The number of nitrogens with zero attached hydrogens (tertiary/aromatic N) is 1. The van der Waals surface area contributed by atoms with Crippen molar-refractivity contribution in [2.24, 2.45) is 0 Å². The van der Waals surface area contributed by atoms with Crippen LogP contribution in [-0.2, 0) is 14.6 Å².